The first-order chi connectivity index (χ1) is 17.4. The molecule has 0 radical (unpaired) electrons. The minimum Gasteiger partial charge on any atom is -0.334 e. The predicted molar refractivity (Wildman–Crippen MR) is 136 cm³/mol. The number of nitrogens with zero attached hydrogens (tertiary/aromatic N) is 3. The first-order valence-corrected chi connectivity index (χ1v) is 11.9. The number of nitrogens with one attached hydrogen (secondary N) is 1. The molecule has 2 amide bonds. The topological polar surface area (TPSA) is 71.3 Å². The Kier molecular flexibility index (Phi) is 6.38. The van der Waals surface area contributed by atoms with Gasteiger partial charge < -0.3 is 9.84 Å². The van der Waals surface area contributed by atoms with Crippen LogP contribution in [0.3, 0.4) is 0 Å². The zero-order valence-corrected chi connectivity index (χ0v) is 20.5. The summed E-state index contributed by atoms with van der Waals surface area (Å²) in [7, 11) is 0. The van der Waals surface area contributed by atoms with E-state index in [2.05, 4.69) is 28.4 Å². The molecule has 2 heterocycles. The molecule has 0 saturated heterocycles. The van der Waals surface area contributed by atoms with Gasteiger partial charge in [-0.1, -0.05) is 65.8 Å². The Bertz CT molecular complexity index is 1440. The van der Waals surface area contributed by atoms with Crippen molar-refractivity contribution >= 4 is 11.6 Å². The van der Waals surface area contributed by atoms with E-state index in [0.29, 0.717) is 24.4 Å². The van der Waals surface area contributed by atoms with Crippen molar-refractivity contribution in [2.24, 2.45) is 0 Å². The number of hydrogen-bond donors (Lipinski definition) is 1. The van der Waals surface area contributed by atoms with Crippen molar-refractivity contribution in [2.75, 3.05) is 6.54 Å². The Morgan fingerprint density at radius 3 is 2.53 bits per heavy atom. The maximum absolute atomic E-state index is 13.8. The molecule has 1 aliphatic heterocycles. The van der Waals surface area contributed by atoms with Crippen molar-refractivity contribution in [1.82, 2.24) is 20.4 Å². The van der Waals surface area contributed by atoms with Crippen LogP contribution in [0.1, 0.15) is 41.1 Å². The molecule has 1 aromatic heterocycles. The van der Waals surface area contributed by atoms with Gasteiger partial charge in [0, 0.05) is 17.8 Å². The molecule has 0 bridgehead atoms. The number of hydrogen-bond acceptors (Lipinski definition) is 4. The molecule has 0 aliphatic carbocycles. The zero-order valence-electron chi connectivity index (χ0n) is 20.5. The van der Waals surface area contributed by atoms with E-state index in [1.807, 2.05) is 56.3 Å². The second-order valence-corrected chi connectivity index (χ2v) is 9.05. The first-order valence-electron chi connectivity index (χ1n) is 11.9. The highest BCUT2D eigenvalue weighted by molar-refractivity contribution is 5.87. The van der Waals surface area contributed by atoms with Crippen LogP contribution in [-0.4, -0.2) is 27.6 Å². The van der Waals surface area contributed by atoms with E-state index in [1.165, 1.54) is 17.7 Å². The molecular weight excluding hydrogens is 455 g/mol. The minimum absolute atomic E-state index is 0.180. The van der Waals surface area contributed by atoms with Crippen molar-refractivity contribution in [3.8, 4) is 11.4 Å². The average Bonchev–Trinajstić information content (AvgIpc) is 3.36. The molecule has 4 aromatic rings. The summed E-state index contributed by atoms with van der Waals surface area (Å²) in [6.45, 7) is 6.49. The quantitative estimate of drug-likeness (QED) is 0.354. The third-order valence-corrected chi connectivity index (χ3v) is 6.67. The van der Waals surface area contributed by atoms with Gasteiger partial charge in [0.1, 0.15) is 5.82 Å². The fourth-order valence-electron chi connectivity index (χ4n) is 4.49. The Morgan fingerprint density at radius 2 is 1.78 bits per heavy atom. The summed E-state index contributed by atoms with van der Waals surface area (Å²) in [5.74, 6) is 0.204. The number of rotatable bonds is 6. The Labute approximate surface area is 209 Å². The molecule has 0 fully saturated rings. The molecule has 36 heavy (non-hydrogen) atoms. The molecule has 1 atom stereocenters. The van der Waals surface area contributed by atoms with E-state index in [1.54, 1.807) is 17.0 Å². The van der Waals surface area contributed by atoms with Crippen LogP contribution < -0.4 is 5.32 Å². The van der Waals surface area contributed by atoms with Gasteiger partial charge in [0.15, 0.2) is 0 Å². The molecule has 182 valence electrons. The molecule has 3 aromatic carbocycles. The summed E-state index contributed by atoms with van der Waals surface area (Å²) in [5.41, 5.74) is 6.34. The van der Waals surface area contributed by atoms with Gasteiger partial charge in [-0.15, -0.1) is 0 Å². The number of aryl methyl sites for hydroxylation is 2. The molecule has 0 spiro atoms. The van der Waals surface area contributed by atoms with Crippen LogP contribution in [0.25, 0.3) is 17.0 Å². The smallest absolute Gasteiger partial charge is 0.322 e. The molecule has 1 aliphatic rings. The summed E-state index contributed by atoms with van der Waals surface area (Å²) in [6, 6.07) is 21.6. The highest BCUT2D eigenvalue weighted by atomic mass is 19.1. The number of carbonyl (C=O) groups excluding carboxylic acids is 1. The molecule has 7 heteroatoms. The lowest BCUT2D eigenvalue weighted by Crippen LogP contribution is -2.46. The van der Waals surface area contributed by atoms with Crippen LogP contribution in [0.15, 0.2) is 83.0 Å². The molecular formula is C29H27FN4O2. The van der Waals surface area contributed by atoms with Gasteiger partial charge in [-0.25, -0.2) is 9.18 Å². The van der Waals surface area contributed by atoms with Crippen molar-refractivity contribution in [3.05, 3.63) is 112 Å². The van der Waals surface area contributed by atoms with E-state index in [0.717, 1.165) is 28.0 Å². The van der Waals surface area contributed by atoms with Crippen LogP contribution in [0, 0.1) is 19.7 Å². The zero-order chi connectivity index (χ0) is 25.2. The second-order valence-electron chi connectivity index (χ2n) is 9.05. The Hall–Kier alpha value is -4.26. The Balaban J connectivity index is 1.56. The number of aromatic nitrogens is 2. The molecule has 1 N–H and O–H groups in total. The molecule has 6 nitrogen and oxygen atoms in total. The van der Waals surface area contributed by atoms with Gasteiger partial charge in [0.25, 0.3) is 5.89 Å². The summed E-state index contributed by atoms with van der Waals surface area (Å²) >= 11 is 0. The summed E-state index contributed by atoms with van der Waals surface area (Å²) in [5, 5.41) is 7.26. The van der Waals surface area contributed by atoms with Crippen molar-refractivity contribution < 1.29 is 13.7 Å². The van der Waals surface area contributed by atoms with Crippen LogP contribution in [-0.2, 0) is 6.42 Å². The first kappa shape index (κ1) is 23.5. The molecule has 5 rings (SSSR count). The van der Waals surface area contributed by atoms with Crippen LogP contribution >= 0.6 is 0 Å². The lowest BCUT2D eigenvalue weighted by molar-refractivity contribution is 0.205. The highest BCUT2D eigenvalue weighted by Gasteiger charge is 2.35. The second kappa shape index (κ2) is 9.77. The number of allylic oxidation sites excluding steroid dienone is 1. The van der Waals surface area contributed by atoms with Crippen LogP contribution in [0.2, 0.25) is 0 Å². The highest BCUT2D eigenvalue weighted by Crippen LogP contribution is 2.38. The predicted octanol–water partition coefficient (Wildman–Crippen LogP) is 6.23. The number of amides is 2. The van der Waals surface area contributed by atoms with E-state index >= 15 is 0 Å². The summed E-state index contributed by atoms with van der Waals surface area (Å²) in [4.78, 5) is 19.6. The minimum atomic E-state index is -0.467. The van der Waals surface area contributed by atoms with Crippen molar-refractivity contribution in [2.45, 2.75) is 33.2 Å². The molecule has 0 saturated carbocycles. The van der Waals surface area contributed by atoms with Gasteiger partial charge in [-0.3, -0.25) is 4.90 Å². The number of carbonyl (C=O) groups is 1. The average molecular weight is 483 g/mol. The lowest BCUT2D eigenvalue weighted by atomic mass is 9.92. The van der Waals surface area contributed by atoms with Gasteiger partial charge >= 0.3 is 6.03 Å². The Morgan fingerprint density at radius 1 is 0.972 bits per heavy atom. The largest absolute Gasteiger partial charge is 0.334 e. The van der Waals surface area contributed by atoms with Gasteiger partial charge in [0.05, 0.1) is 11.6 Å². The molecule has 1 unspecified atom stereocenters. The monoisotopic (exact) mass is 482 g/mol. The standard InChI is InChI=1S/C29H27FN4O2/c1-18-12-13-22(16-19(18)2)26-25(28-32-27(33-36-28)23-10-7-11-24(30)17-23)20(3)34(29(35)31-26)15-14-21-8-5-4-6-9-21/h4-13,16-17,26H,14-15H2,1-3H3,(H,31,35). The fraction of sp³-hybridized carbons (Fsp3) is 0.207. The van der Waals surface area contributed by atoms with Gasteiger partial charge in [-0.05, 0) is 61.6 Å². The van der Waals surface area contributed by atoms with Crippen LogP contribution in [0.5, 0.6) is 0 Å². The van der Waals surface area contributed by atoms with Crippen molar-refractivity contribution in [1.29, 1.82) is 0 Å². The normalized spacial score (nSPS) is 15.8. The number of benzene rings is 3. The van der Waals surface area contributed by atoms with Gasteiger partial charge in [0.2, 0.25) is 5.82 Å². The fourth-order valence-corrected chi connectivity index (χ4v) is 4.49. The van der Waals surface area contributed by atoms with E-state index in [-0.39, 0.29) is 17.7 Å². The maximum atomic E-state index is 13.8. The van der Waals surface area contributed by atoms with E-state index in [4.69, 9.17) is 4.52 Å². The van der Waals surface area contributed by atoms with Crippen LogP contribution in [0.4, 0.5) is 9.18 Å². The van der Waals surface area contributed by atoms with E-state index in [9.17, 15) is 9.18 Å². The third-order valence-electron chi connectivity index (χ3n) is 6.67. The maximum Gasteiger partial charge on any atom is 0.322 e. The SMILES string of the molecule is CC1=C(c2nc(-c3cccc(F)c3)no2)C(c2ccc(C)c(C)c2)NC(=O)N1CCc1ccccc1. The lowest BCUT2D eigenvalue weighted by Gasteiger charge is -2.35. The van der Waals surface area contributed by atoms with Crippen molar-refractivity contribution in [3.63, 3.8) is 0 Å². The third kappa shape index (κ3) is 4.64. The van der Waals surface area contributed by atoms with Gasteiger partial charge in [-0.2, -0.15) is 4.98 Å². The van der Waals surface area contributed by atoms with E-state index < -0.39 is 6.04 Å². The summed E-state index contributed by atoms with van der Waals surface area (Å²) < 4.78 is 19.5. The summed E-state index contributed by atoms with van der Waals surface area (Å²) in [6.07, 6.45) is 0.700. The number of urea groups is 1. The number of halogens is 1.